The van der Waals surface area contributed by atoms with Gasteiger partial charge in [0.2, 0.25) is 0 Å². The Hall–Kier alpha value is -0.200. The van der Waals surface area contributed by atoms with Crippen LogP contribution in [0.4, 0.5) is 0 Å². The molecule has 0 aliphatic carbocycles. The van der Waals surface area contributed by atoms with E-state index in [1.807, 2.05) is 0 Å². The van der Waals surface area contributed by atoms with Crippen molar-refractivity contribution in [1.29, 1.82) is 0 Å². The minimum Gasteiger partial charge on any atom is -0.412 e. The lowest BCUT2D eigenvalue weighted by molar-refractivity contribution is 0.306. The Balaban J connectivity index is -0.0000000600. The van der Waals surface area contributed by atoms with Crippen molar-refractivity contribution in [3.63, 3.8) is 0 Å². The lowest BCUT2D eigenvalue weighted by Gasteiger charge is -2.13. The van der Waals surface area contributed by atoms with Crippen LogP contribution in [0.1, 0.15) is 20.8 Å². The SMILES string of the molecule is CCN(CC)CC.NCCO.O.O. The Morgan fingerprint density at radius 2 is 1.23 bits per heavy atom. The molecule has 0 rings (SSSR count). The predicted molar refractivity (Wildman–Crippen MR) is 56.8 cm³/mol. The lowest BCUT2D eigenvalue weighted by atomic mass is 10.5. The fraction of sp³-hybridized carbons (Fsp3) is 1.00. The molecule has 0 bridgehead atoms. The van der Waals surface area contributed by atoms with E-state index < -0.39 is 0 Å². The van der Waals surface area contributed by atoms with Gasteiger partial charge in [0.15, 0.2) is 0 Å². The van der Waals surface area contributed by atoms with Crippen LogP contribution in [0, 0.1) is 0 Å². The number of aliphatic hydroxyl groups excluding tert-OH is 1. The fourth-order valence-electron chi connectivity index (χ4n) is 0.671. The average molecular weight is 198 g/mol. The third-order valence-electron chi connectivity index (χ3n) is 1.47. The molecule has 0 radical (unpaired) electrons. The maximum absolute atomic E-state index is 7.75. The van der Waals surface area contributed by atoms with Crippen molar-refractivity contribution >= 4 is 0 Å². The second kappa shape index (κ2) is 22.6. The van der Waals surface area contributed by atoms with E-state index in [-0.39, 0.29) is 17.6 Å². The Morgan fingerprint density at radius 1 is 1.00 bits per heavy atom. The Bertz CT molecular complexity index is 53.8. The normalized spacial score (nSPS) is 7.85. The zero-order valence-corrected chi connectivity index (χ0v) is 9.01. The first-order valence-electron chi connectivity index (χ1n) is 4.29. The number of nitrogens with zero attached hydrogens (tertiary/aromatic N) is 1. The Morgan fingerprint density at radius 3 is 1.23 bits per heavy atom. The molecule has 13 heavy (non-hydrogen) atoms. The second-order valence-electron chi connectivity index (χ2n) is 2.13. The highest BCUT2D eigenvalue weighted by Crippen LogP contribution is 1.81. The quantitative estimate of drug-likeness (QED) is 0.581. The number of hydrogen-bond donors (Lipinski definition) is 2. The molecule has 0 spiro atoms. The smallest absolute Gasteiger partial charge is 0.0553 e. The summed E-state index contributed by atoms with van der Waals surface area (Å²) in [4.78, 5) is 2.38. The monoisotopic (exact) mass is 198 g/mol. The highest BCUT2D eigenvalue weighted by molar-refractivity contribution is 4.43. The van der Waals surface area contributed by atoms with Crippen LogP contribution in [0.15, 0.2) is 0 Å². The van der Waals surface area contributed by atoms with Crippen LogP contribution in [0.3, 0.4) is 0 Å². The highest BCUT2D eigenvalue weighted by Gasteiger charge is 1.89. The van der Waals surface area contributed by atoms with E-state index in [2.05, 4.69) is 25.7 Å². The van der Waals surface area contributed by atoms with Crippen LogP contribution in [0.25, 0.3) is 0 Å². The minimum absolute atomic E-state index is 0. The van der Waals surface area contributed by atoms with E-state index in [9.17, 15) is 0 Å². The van der Waals surface area contributed by atoms with Crippen LogP contribution < -0.4 is 5.73 Å². The predicted octanol–water partition coefficient (Wildman–Crippen LogP) is -1.36. The molecule has 0 aromatic heterocycles. The first kappa shape index (κ1) is 23.0. The van der Waals surface area contributed by atoms with E-state index >= 15 is 0 Å². The summed E-state index contributed by atoms with van der Waals surface area (Å²) in [5.41, 5.74) is 4.78. The first-order valence-corrected chi connectivity index (χ1v) is 4.29. The maximum atomic E-state index is 7.75. The van der Waals surface area contributed by atoms with E-state index in [1.54, 1.807) is 0 Å². The molecule has 0 saturated heterocycles. The molecule has 0 amide bonds. The minimum atomic E-state index is 0. The maximum Gasteiger partial charge on any atom is 0.0553 e. The molecule has 0 aliphatic heterocycles. The van der Waals surface area contributed by atoms with E-state index in [4.69, 9.17) is 10.8 Å². The summed E-state index contributed by atoms with van der Waals surface area (Å²) < 4.78 is 0. The van der Waals surface area contributed by atoms with Gasteiger partial charge in [0.25, 0.3) is 0 Å². The van der Waals surface area contributed by atoms with Crippen LogP contribution >= 0.6 is 0 Å². The third kappa shape index (κ3) is 24.5. The standard InChI is InChI=1S/C6H15N.C2H7NO.2H2O/c1-4-7(5-2)6-3;3-1-2-4;;/h4-6H2,1-3H3;4H,1-3H2;2*1H2. The van der Waals surface area contributed by atoms with Crippen molar-refractivity contribution in [2.45, 2.75) is 20.8 Å². The molecule has 86 valence electrons. The topological polar surface area (TPSA) is 112 Å². The zero-order chi connectivity index (χ0) is 9.11. The number of rotatable bonds is 4. The zero-order valence-electron chi connectivity index (χ0n) is 9.01. The Labute approximate surface area is 81.2 Å². The van der Waals surface area contributed by atoms with Gasteiger partial charge in [-0.25, -0.2) is 0 Å². The van der Waals surface area contributed by atoms with Crippen LogP contribution in [-0.2, 0) is 0 Å². The van der Waals surface area contributed by atoms with Gasteiger partial charge in [-0.2, -0.15) is 0 Å². The van der Waals surface area contributed by atoms with Crippen molar-refractivity contribution in [2.24, 2.45) is 5.73 Å². The Kier molecular flexibility index (Phi) is 40.1. The van der Waals surface area contributed by atoms with Crippen LogP contribution in [-0.4, -0.2) is 53.7 Å². The number of nitrogens with two attached hydrogens (primary N) is 1. The third-order valence-corrected chi connectivity index (χ3v) is 1.47. The molecule has 0 atom stereocenters. The van der Waals surface area contributed by atoms with Gasteiger partial charge in [-0.3, -0.25) is 0 Å². The number of aliphatic hydroxyl groups is 1. The van der Waals surface area contributed by atoms with Crippen LogP contribution in [0.2, 0.25) is 0 Å². The second-order valence-corrected chi connectivity index (χ2v) is 2.13. The summed E-state index contributed by atoms with van der Waals surface area (Å²) in [7, 11) is 0. The van der Waals surface area contributed by atoms with Gasteiger partial charge in [-0.05, 0) is 19.6 Å². The molecule has 0 aromatic rings. The van der Waals surface area contributed by atoms with Gasteiger partial charge in [0.05, 0.1) is 6.61 Å². The molecule has 0 aliphatic rings. The van der Waals surface area contributed by atoms with E-state index in [1.165, 1.54) is 19.6 Å². The molecule has 0 fully saturated rings. The highest BCUT2D eigenvalue weighted by atomic mass is 16.3. The summed E-state index contributed by atoms with van der Waals surface area (Å²) in [6, 6.07) is 0. The van der Waals surface area contributed by atoms with E-state index in [0.717, 1.165) is 0 Å². The molecule has 7 N–H and O–H groups in total. The van der Waals surface area contributed by atoms with Gasteiger partial charge in [0, 0.05) is 6.54 Å². The summed E-state index contributed by atoms with van der Waals surface area (Å²) in [6.07, 6.45) is 0. The summed E-state index contributed by atoms with van der Waals surface area (Å²) in [5.74, 6) is 0. The van der Waals surface area contributed by atoms with Crippen molar-refractivity contribution in [3.8, 4) is 0 Å². The molecule has 0 saturated carbocycles. The molecular formula is C8H26N2O3. The van der Waals surface area contributed by atoms with Crippen LogP contribution in [0.5, 0.6) is 0 Å². The first-order chi connectivity index (χ1) is 5.26. The van der Waals surface area contributed by atoms with E-state index in [0.29, 0.717) is 6.54 Å². The fourth-order valence-corrected chi connectivity index (χ4v) is 0.671. The lowest BCUT2D eigenvalue weighted by Crippen LogP contribution is -2.21. The van der Waals surface area contributed by atoms with Gasteiger partial charge >= 0.3 is 0 Å². The summed E-state index contributed by atoms with van der Waals surface area (Å²) in [6.45, 7) is 10.6. The molecule has 0 heterocycles. The molecule has 0 unspecified atom stereocenters. The summed E-state index contributed by atoms with van der Waals surface area (Å²) >= 11 is 0. The van der Waals surface area contributed by atoms with Gasteiger partial charge in [-0.1, -0.05) is 20.8 Å². The van der Waals surface area contributed by atoms with Gasteiger partial charge < -0.3 is 26.7 Å². The summed E-state index contributed by atoms with van der Waals surface area (Å²) in [5, 5.41) is 7.75. The average Bonchev–Trinajstić information content (AvgIpc) is 2.08. The van der Waals surface area contributed by atoms with Crippen molar-refractivity contribution in [2.75, 3.05) is 32.8 Å². The van der Waals surface area contributed by atoms with Gasteiger partial charge in [-0.15, -0.1) is 0 Å². The molecule has 0 aromatic carbocycles. The molecule has 5 heteroatoms. The van der Waals surface area contributed by atoms with Crippen molar-refractivity contribution in [1.82, 2.24) is 4.90 Å². The molecular weight excluding hydrogens is 172 g/mol. The van der Waals surface area contributed by atoms with Crippen molar-refractivity contribution in [3.05, 3.63) is 0 Å². The molecule has 5 nitrogen and oxygen atoms in total. The largest absolute Gasteiger partial charge is 0.412 e. The van der Waals surface area contributed by atoms with Crippen molar-refractivity contribution < 1.29 is 16.1 Å². The number of hydrogen-bond acceptors (Lipinski definition) is 3. The van der Waals surface area contributed by atoms with Gasteiger partial charge in [0.1, 0.15) is 0 Å².